The predicted octanol–water partition coefficient (Wildman–Crippen LogP) is 4.78. The number of rotatable bonds is 6. The summed E-state index contributed by atoms with van der Waals surface area (Å²) in [6.45, 7) is 4.03. The molecule has 7 nitrogen and oxygen atoms in total. The average Bonchev–Trinajstić information content (AvgIpc) is 3.01. The molecule has 4 aromatic rings. The van der Waals surface area contributed by atoms with Gasteiger partial charge in [-0.05, 0) is 41.0 Å². The zero-order valence-corrected chi connectivity index (χ0v) is 22.2. The van der Waals surface area contributed by atoms with Gasteiger partial charge in [-0.15, -0.1) is 0 Å². The van der Waals surface area contributed by atoms with E-state index in [0.717, 1.165) is 58.4 Å². The molecule has 0 atom stereocenters. The summed E-state index contributed by atoms with van der Waals surface area (Å²) in [5, 5.41) is 0. The van der Waals surface area contributed by atoms with E-state index in [1.807, 2.05) is 59.5 Å². The van der Waals surface area contributed by atoms with Gasteiger partial charge in [0.15, 0.2) is 0 Å². The van der Waals surface area contributed by atoms with Gasteiger partial charge in [-0.25, -0.2) is 9.97 Å². The van der Waals surface area contributed by atoms with Gasteiger partial charge in [-0.2, -0.15) is 0 Å². The zero-order valence-electron chi connectivity index (χ0n) is 22.2. The topological polar surface area (TPSA) is 67.8 Å². The predicted molar refractivity (Wildman–Crippen MR) is 151 cm³/mol. The van der Waals surface area contributed by atoms with E-state index in [1.54, 1.807) is 7.11 Å². The maximum absolute atomic E-state index is 13.5. The van der Waals surface area contributed by atoms with Gasteiger partial charge in [0.1, 0.15) is 17.4 Å². The molecule has 0 radical (unpaired) electrons. The zero-order chi connectivity index (χ0) is 26.6. The molecule has 1 saturated heterocycles. The molecule has 3 aromatic carbocycles. The van der Waals surface area contributed by atoms with Crippen molar-refractivity contribution in [3.8, 4) is 16.9 Å². The third-order valence-corrected chi connectivity index (χ3v) is 7.44. The standard InChI is InChI=1S/C32H32N4O3/c1-38-27-13-7-23(8-14-27)21-30-33-29-15-16-36(22-28(29)31(34-30)35-17-19-39-20-18-35)32(37)26-11-9-25(10-12-26)24-5-3-2-4-6-24/h2-14H,15-22H2,1H3. The van der Waals surface area contributed by atoms with Crippen LogP contribution in [-0.2, 0) is 24.1 Å². The normalized spacial score (nSPS) is 15.1. The van der Waals surface area contributed by atoms with Crippen molar-refractivity contribution in [2.75, 3.05) is 44.9 Å². The Bertz CT molecular complexity index is 1430. The minimum Gasteiger partial charge on any atom is -0.497 e. The van der Waals surface area contributed by atoms with Crippen LogP contribution in [0.2, 0.25) is 0 Å². The second kappa shape index (κ2) is 11.3. The molecule has 2 aliphatic heterocycles. The van der Waals surface area contributed by atoms with Gasteiger partial charge in [0.2, 0.25) is 0 Å². The van der Waals surface area contributed by atoms with Crippen molar-refractivity contribution in [1.82, 2.24) is 14.9 Å². The van der Waals surface area contributed by atoms with Crippen molar-refractivity contribution in [3.63, 3.8) is 0 Å². The first-order valence-corrected chi connectivity index (χ1v) is 13.5. The van der Waals surface area contributed by atoms with Gasteiger partial charge in [-0.3, -0.25) is 4.79 Å². The number of fused-ring (bicyclic) bond motifs is 1. The highest BCUT2D eigenvalue weighted by Gasteiger charge is 2.29. The van der Waals surface area contributed by atoms with Crippen LogP contribution < -0.4 is 9.64 Å². The molecule has 7 heteroatoms. The van der Waals surface area contributed by atoms with E-state index in [2.05, 4.69) is 29.2 Å². The number of anilines is 1. The summed E-state index contributed by atoms with van der Waals surface area (Å²) in [5.41, 5.74) is 6.16. The molecule has 3 heterocycles. The van der Waals surface area contributed by atoms with E-state index in [4.69, 9.17) is 19.4 Å². The average molecular weight is 521 g/mol. The van der Waals surface area contributed by atoms with Crippen LogP contribution in [0.5, 0.6) is 5.75 Å². The van der Waals surface area contributed by atoms with Crippen LogP contribution in [0.1, 0.15) is 33.0 Å². The van der Waals surface area contributed by atoms with Gasteiger partial charge in [0.05, 0.1) is 32.6 Å². The number of hydrogen-bond donors (Lipinski definition) is 0. The van der Waals surface area contributed by atoms with Crippen molar-refractivity contribution >= 4 is 11.7 Å². The fourth-order valence-electron chi connectivity index (χ4n) is 5.28. The van der Waals surface area contributed by atoms with Crippen LogP contribution in [0, 0.1) is 0 Å². The minimum absolute atomic E-state index is 0.0375. The van der Waals surface area contributed by atoms with Crippen molar-refractivity contribution < 1.29 is 14.3 Å². The first kappa shape index (κ1) is 25.1. The highest BCUT2D eigenvalue weighted by molar-refractivity contribution is 5.95. The molecular weight excluding hydrogens is 488 g/mol. The van der Waals surface area contributed by atoms with Crippen LogP contribution in [0.25, 0.3) is 11.1 Å². The number of morpholine rings is 1. The highest BCUT2D eigenvalue weighted by atomic mass is 16.5. The van der Waals surface area contributed by atoms with E-state index in [-0.39, 0.29) is 5.91 Å². The lowest BCUT2D eigenvalue weighted by Gasteiger charge is -2.34. The Labute approximate surface area is 229 Å². The fourth-order valence-corrected chi connectivity index (χ4v) is 5.28. The Morgan fingerprint density at radius 2 is 1.59 bits per heavy atom. The molecule has 1 fully saturated rings. The molecule has 0 unspecified atom stereocenters. The molecule has 6 rings (SSSR count). The Balaban J connectivity index is 1.25. The second-order valence-electron chi connectivity index (χ2n) is 9.93. The first-order valence-electron chi connectivity index (χ1n) is 13.5. The number of carbonyl (C=O) groups is 1. The molecular formula is C32H32N4O3. The number of amides is 1. The summed E-state index contributed by atoms with van der Waals surface area (Å²) in [5.74, 6) is 2.61. The quantitative estimate of drug-likeness (QED) is 0.365. The highest BCUT2D eigenvalue weighted by Crippen LogP contribution is 2.29. The van der Waals surface area contributed by atoms with Crippen molar-refractivity contribution in [2.24, 2.45) is 0 Å². The molecule has 0 bridgehead atoms. The molecule has 2 aliphatic rings. The summed E-state index contributed by atoms with van der Waals surface area (Å²) < 4.78 is 10.9. The van der Waals surface area contributed by atoms with Crippen molar-refractivity contribution in [1.29, 1.82) is 0 Å². The summed E-state index contributed by atoms with van der Waals surface area (Å²) in [7, 11) is 1.67. The van der Waals surface area contributed by atoms with Crippen LogP contribution in [0.3, 0.4) is 0 Å². The molecule has 1 aromatic heterocycles. The summed E-state index contributed by atoms with van der Waals surface area (Å²) >= 11 is 0. The summed E-state index contributed by atoms with van der Waals surface area (Å²) in [6.07, 6.45) is 1.35. The molecule has 0 spiro atoms. The fraction of sp³-hybridized carbons (Fsp3) is 0.281. The maximum atomic E-state index is 13.5. The lowest BCUT2D eigenvalue weighted by atomic mass is 10.0. The molecule has 0 N–H and O–H groups in total. The molecule has 0 saturated carbocycles. The van der Waals surface area contributed by atoms with Crippen LogP contribution in [0.4, 0.5) is 5.82 Å². The van der Waals surface area contributed by atoms with Gasteiger partial charge < -0.3 is 19.3 Å². The number of nitrogens with zero attached hydrogens (tertiary/aromatic N) is 4. The van der Waals surface area contributed by atoms with Crippen molar-refractivity contribution in [2.45, 2.75) is 19.4 Å². The van der Waals surface area contributed by atoms with E-state index in [0.29, 0.717) is 44.7 Å². The number of benzene rings is 3. The molecule has 1 amide bonds. The Morgan fingerprint density at radius 3 is 2.31 bits per heavy atom. The van der Waals surface area contributed by atoms with Gasteiger partial charge in [0, 0.05) is 43.6 Å². The van der Waals surface area contributed by atoms with E-state index >= 15 is 0 Å². The minimum atomic E-state index is 0.0375. The van der Waals surface area contributed by atoms with Crippen LogP contribution >= 0.6 is 0 Å². The lowest BCUT2D eigenvalue weighted by molar-refractivity contribution is 0.0733. The largest absolute Gasteiger partial charge is 0.497 e. The third kappa shape index (κ3) is 5.49. The monoisotopic (exact) mass is 520 g/mol. The Hall–Kier alpha value is -4.23. The molecule has 39 heavy (non-hydrogen) atoms. The second-order valence-corrected chi connectivity index (χ2v) is 9.93. The third-order valence-electron chi connectivity index (χ3n) is 7.44. The van der Waals surface area contributed by atoms with Gasteiger partial charge in [-0.1, -0.05) is 54.6 Å². The number of methoxy groups -OCH3 is 1. The summed E-state index contributed by atoms with van der Waals surface area (Å²) in [4.78, 5) is 27.8. The Morgan fingerprint density at radius 1 is 0.872 bits per heavy atom. The van der Waals surface area contributed by atoms with Crippen LogP contribution in [-0.4, -0.2) is 60.7 Å². The maximum Gasteiger partial charge on any atom is 0.254 e. The van der Waals surface area contributed by atoms with Crippen molar-refractivity contribution in [3.05, 3.63) is 107 Å². The summed E-state index contributed by atoms with van der Waals surface area (Å²) in [6, 6.07) is 26.1. The van der Waals surface area contributed by atoms with Gasteiger partial charge >= 0.3 is 0 Å². The first-order chi connectivity index (χ1) is 19.2. The number of aromatic nitrogens is 2. The SMILES string of the molecule is COc1ccc(Cc2nc3c(c(N4CCOCC4)n2)CN(C(=O)c2ccc(-c4ccccc4)cc2)CC3)cc1. The van der Waals surface area contributed by atoms with Crippen LogP contribution in [0.15, 0.2) is 78.9 Å². The number of ether oxygens (including phenoxy) is 2. The van der Waals surface area contributed by atoms with E-state index in [1.165, 1.54) is 0 Å². The van der Waals surface area contributed by atoms with E-state index in [9.17, 15) is 4.79 Å². The smallest absolute Gasteiger partial charge is 0.254 e. The molecule has 0 aliphatic carbocycles. The number of hydrogen-bond acceptors (Lipinski definition) is 6. The number of carbonyl (C=O) groups excluding carboxylic acids is 1. The lowest BCUT2D eigenvalue weighted by Crippen LogP contribution is -2.41. The molecule has 198 valence electrons. The van der Waals surface area contributed by atoms with Gasteiger partial charge in [0.25, 0.3) is 5.91 Å². The Kier molecular flexibility index (Phi) is 7.23. The van der Waals surface area contributed by atoms with E-state index < -0.39 is 0 Å².